The molecule has 111 heavy (non-hydrogen) atoms. The monoisotopic (exact) mass is 1410 g/mol. The summed E-state index contributed by atoms with van der Waals surface area (Å²) in [5.74, 6) is 0. The zero-order valence-corrected chi connectivity index (χ0v) is 61.2. The van der Waals surface area contributed by atoms with Crippen LogP contribution < -0.4 is 0 Å². The molecule has 24 rings (SSSR count). The molecule has 1 aliphatic rings. The van der Waals surface area contributed by atoms with Crippen molar-refractivity contribution < 1.29 is 0 Å². The topological polar surface area (TPSA) is 19.7 Å². The van der Waals surface area contributed by atoms with Gasteiger partial charge < -0.3 is 18.3 Å². The lowest BCUT2D eigenvalue weighted by Crippen LogP contribution is -2.15. The van der Waals surface area contributed by atoms with Crippen LogP contribution in [0.15, 0.2) is 388 Å². The molecule has 0 bridgehead atoms. The second-order valence-electron chi connectivity index (χ2n) is 30.7. The predicted molar refractivity (Wildman–Crippen MR) is 472 cm³/mol. The van der Waals surface area contributed by atoms with Gasteiger partial charge in [-0.2, -0.15) is 0 Å². The van der Waals surface area contributed by atoms with Gasteiger partial charge in [0.05, 0.1) is 49.8 Å². The van der Waals surface area contributed by atoms with Crippen LogP contribution in [0.5, 0.6) is 0 Å². The summed E-state index contributed by atoms with van der Waals surface area (Å²) < 4.78 is 9.75. The summed E-state index contributed by atoms with van der Waals surface area (Å²) in [6, 6.07) is 143. The van der Waals surface area contributed by atoms with Gasteiger partial charge in [-0.25, -0.2) is 0 Å². The first-order valence-corrected chi connectivity index (χ1v) is 38.6. The third kappa shape index (κ3) is 9.60. The Kier molecular flexibility index (Phi) is 13.8. The largest absolute Gasteiger partial charge is 0.309 e. The highest BCUT2D eigenvalue weighted by molar-refractivity contribution is 6.19. The molecule has 0 radical (unpaired) electrons. The lowest BCUT2D eigenvalue weighted by atomic mass is 9.82. The molecule has 19 aromatic carbocycles. The van der Waals surface area contributed by atoms with E-state index in [1.807, 2.05) is 0 Å². The minimum absolute atomic E-state index is 0.0585. The zero-order valence-electron chi connectivity index (χ0n) is 61.2. The van der Waals surface area contributed by atoms with Gasteiger partial charge in [-0.15, -0.1) is 0 Å². The SMILES string of the molecule is CC1(C)c2ccccc2-c2ccc(-n3c4ccccc4c4cc(-c5ccc6c(c5)c5ccccc5n6-c5cc6ccccc6c6ccccc56)ccc43)cc21.c1ccc2cc(-n3c4ccccc4c4cc(-c5ccc6c(c5)c5ccccc5n6-c5ccc(-c6cc7ccccc7c7ccccc67)cc5)ccc43)ccc2c1. The van der Waals surface area contributed by atoms with Gasteiger partial charge in [0.1, 0.15) is 0 Å². The van der Waals surface area contributed by atoms with Gasteiger partial charge in [-0.1, -0.05) is 281 Å². The van der Waals surface area contributed by atoms with Crippen molar-refractivity contribution in [3.8, 4) is 67.3 Å². The summed E-state index contributed by atoms with van der Waals surface area (Å²) >= 11 is 0. The van der Waals surface area contributed by atoms with Crippen LogP contribution in [0.2, 0.25) is 0 Å². The molecule has 0 amide bonds. The highest BCUT2D eigenvalue weighted by Crippen LogP contribution is 2.51. The number of benzene rings is 19. The fourth-order valence-electron chi connectivity index (χ4n) is 19.2. The van der Waals surface area contributed by atoms with E-state index in [2.05, 4.69) is 420 Å². The Bertz CT molecular complexity index is 7860. The van der Waals surface area contributed by atoms with Crippen molar-refractivity contribution in [1.82, 2.24) is 18.3 Å². The Balaban J connectivity index is 0.000000133. The van der Waals surface area contributed by atoms with E-state index in [0.717, 1.165) is 5.69 Å². The number of rotatable bonds is 7. The number of aromatic nitrogens is 4. The van der Waals surface area contributed by atoms with Gasteiger partial charge >= 0.3 is 0 Å². The van der Waals surface area contributed by atoms with E-state index in [1.54, 1.807) is 0 Å². The number of fused-ring (bicyclic) bond motifs is 22. The van der Waals surface area contributed by atoms with Crippen LogP contribution in [0.3, 0.4) is 0 Å². The van der Waals surface area contributed by atoms with Crippen LogP contribution in [-0.2, 0) is 5.41 Å². The quantitative estimate of drug-likeness (QED) is 0.142. The van der Waals surface area contributed by atoms with Gasteiger partial charge in [0.25, 0.3) is 0 Å². The van der Waals surface area contributed by atoms with E-state index in [1.165, 1.54) is 214 Å². The van der Waals surface area contributed by atoms with E-state index in [9.17, 15) is 0 Å². The van der Waals surface area contributed by atoms with Crippen LogP contribution in [0, 0.1) is 0 Å². The van der Waals surface area contributed by atoms with Gasteiger partial charge in [0.2, 0.25) is 0 Å². The smallest absolute Gasteiger partial charge is 0.0546 e. The van der Waals surface area contributed by atoms with Gasteiger partial charge in [-0.05, 0) is 225 Å². The lowest BCUT2D eigenvalue weighted by Gasteiger charge is -2.22. The molecule has 0 saturated carbocycles. The summed E-state index contributed by atoms with van der Waals surface area (Å²) in [5.41, 5.74) is 27.2. The van der Waals surface area contributed by atoms with E-state index < -0.39 is 0 Å². The van der Waals surface area contributed by atoms with Crippen molar-refractivity contribution >= 4 is 141 Å². The van der Waals surface area contributed by atoms with Crippen molar-refractivity contribution in [3.05, 3.63) is 399 Å². The maximum absolute atomic E-state index is 2.47. The normalized spacial score (nSPS) is 12.7. The van der Waals surface area contributed by atoms with Crippen LogP contribution in [-0.4, -0.2) is 18.3 Å². The maximum Gasteiger partial charge on any atom is 0.0546 e. The molecule has 0 atom stereocenters. The third-order valence-corrected chi connectivity index (χ3v) is 24.4. The Morgan fingerprint density at radius 2 is 0.514 bits per heavy atom. The molecule has 4 nitrogen and oxygen atoms in total. The van der Waals surface area contributed by atoms with Gasteiger partial charge in [0.15, 0.2) is 0 Å². The Labute approximate surface area is 641 Å². The van der Waals surface area contributed by atoms with Crippen LogP contribution in [0.4, 0.5) is 0 Å². The summed E-state index contributed by atoms with van der Waals surface area (Å²) in [6.45, 7) is 4.72. The highest BCUT2D eigenvalue weighted by atomic mass is 15.0. The summed E-state index contributed by atoms with van der Waals surface area (Å²) in [4.78, 5) is 0. The molecule has 1 aliphatic carbocycles. The summed E-state index contributed by atoms with van der Waals surface area (Å²) in [5, 5.41) is 22.8. The minimum Gasteiger partial charge on any atom is -0.309 e. The van der Waals surface area contributed by atoms with Crippen molar-refractivity contribution in [2.75, 3.05) is 0 Å². The Morgan fingerprint density at radius 1 is 0.171 bits per heavy atom. The first-order chi connectivity index (χ1) is 54.8. The average Bonchev–Trinajstić information content (AvgIpc) is 1.58. The Morgan fingerprint density at radius 3 is 1.05 bits per heavy atom. The molecule has 23 aromatic rings. The standard InChI is InChI=1S/C54H34N2.C53H36N2/c1-2-12-37-31-42(28-21-35(37)11-1)56-52-20-10-8-18-47(52)50-33-39(25-30-54(50)56)38-24-29-53-49(32-38)46-17-7-9-19-51(46)55(53)41-26-22-36(23-27-41)48-34-40-13-3-4-14-43(40)44-15-5-6-16-45(44)48;1-53(2)46-20-10-7-16-39(46)40-26-25-36(32-47(40)53)54-48-21-11-8-18-42(48)44-29-33(23-27-50(44)54)34-24-28-51-45(30-34)43-19-9-12-22-49(43)55(51)52-31-35-13-3-4-14-37(35)38-15-5-6-17-41(38)52/h1-34H;3-32H,1-2H3. The molecule has 4 heterocycles. The van der Waals surface area contributed by atoms with Crippen molar-refractivity contribution in [1.29, 1.82) is 0 Å². The molecule has 0 fully saturated rings. The highest BCUT2D eigenvalue weighted by Gasteiger charge is 2.36. The second-order valence-corrected chi connectivity index (χ2v) is 30.7. The third-order valence-electron chi connectivity index (χ3n) is 24.4. The molecule has 0 aliphatic heterocycles. The number of nitrogens with zero attached hydrogens (tertiary/aromatic N) is 4. The minimum atomic E-state index is -0.0585. The molecular weight excluding hydrogens is 1340 g/mol. The van der Waals surface area contributed by atoms with Crippen molar-refractivity contribution in [2.24, 2.45) is 0 Å². The van der Waals surface area contributed by atoms with Crippen LogP contribution >= 0.6 is 0 Å². The van der Waals surface area contributed by atoms with Crippen LogP contribution in [0.1, 0.15) is 25.0 Å². The van der Waals surface area contributed by atoms with E-state index >= 15 is 0 Å². The predicted octanol–water partition coefficient (Wildman–Crippen LogP) is 28.8. The van der Waals surface area contributed by atoms with Crippen LogP contribution in [0.25, 0.3) is 208 Å². The lowest BCUT2D eigenvalue weighted by molar-refractivity contribution is 0.660. The maximum atomic E-state index is 2.47. The number of hydrogen-bond donors (Lipinski definition) is 0. The number of para-hydroxylation sites is 4. The fourth-order valence-corrected chi connectivity index (χ4v) is 19.2. The van der Waals surface area contributed by atoms with Crippen molar-refractivity contribution in [2.45, 2.75) is 19.3 Å². The first kappa shape index (κ1) is 62.8. The number of hydrogen-bond acceptors (Lipinski definition) is 0. The van der Waals surface area contributed by atoms with Crippen molar-refractivity contribution in [3.63, 3.8) is 0 Å². The first-order valence-electron chi connectivity index (χ1n) is 38.6. The van der Waals surface area contributed by atoms with E-state index in [0.29, 0.717) is 0 Å². The molecule has 4 aromatic heterocycles. The summed E-state index contributed by atoms with van der Waals surface area (Å²) in [6.07, 6.45) is 0. The average molecular weight is 1410 g/mol. The summed E-state index contributed by atoms with van der Waals surface area (Å²) in [7, 11) is 0. The van der Waals surface area contributed by atoms with E-state index in [-0.39, 0.29) is 5.41 Å². The molecule has 518 valence electrons. The fraction of sp³-hybridized carbons (Fsp3) is 0.0280. The molecule has 0 unspecified atom stereocenters. The Hall–Kier alpha value is -14.3. The molecule has 0 N–H and O–H groups in total. The molecule has 0 spiro atoms. The molecule has 4 heteroatoms. The van der Waals surface area contributed by atoms with Gasteiger partial charge in [-0.3, -0.25) is 0 Å². The van der Waals surface area contributed by atoms with Gasteiger partial charge in [0, 0.05) is 71.0 Å². The zero-order chi connectivity index (χ0) is 73.2. The molecule has 0 saturated heterocycles. The second kappa shape index (κ2) is 24.4. The molecular formula is C107H70N4. The van der Waals surface area contributed by atoms with E-state index in [4.69, 9.17) is 0 Å².